The normalized spacial score (nSPS) is 16.4. The van der Waals surface area contributed by atoms with E-state index in [0.717, 1.165) is 18.4 Å². The summed E-state index contributed by atoms with van der Waals surface area (Å²) in [7, 11) is 0. The first-order valence-electron chi connectivity index (χ1n) is 9.01. The largest absolute Gasteiger partial charge is 0.402 e. The van der Waals surface area contributed by atoms with E-state index in [-0.39, 0.29) is 22.3 Å². The Balaban J connectivity index is 1.57. The highest BCUT2D eigenvalue weighted by molar-refractivity contribution is 6.32. The standard InChI is InChI=1S/C22H13ClN2O4/c23-17-9-7-15(11-19(17)25(27)28)21-24-18(22(26)29-21)10-14-5-4-12-2-1-3-13-6-8-16(14)20(12)13/h1-5,7,9-11H,6,8H2. The molecule has 0 spiro atoms. The van der Waals surface area contributed by atoms with Gasteiger partial charge in [0.15, 0.2) is 5.70 Å². The fourth-order valence-electron chi connectivity index (χ4n) is 3.89. The van der Waals surface area contributed by atoms with Crippen molar-refractivity contribution >= 4 is 46.0 Å². The molecule has 0 unspecified atom stereocenters. The van der Waals surface area contributed by atoms with Crippen LogP contribution in [0.5, 0.6) is 0 Å². The van der Waals surface area contributed by atoms with Crippen LogP contribution in [0.4, 0.5) is 5.69 Å². The summed E-state index contributed by atoms with van der Waals surface area (Å²) in [5.74, 6) is -0.560. The van der Waals surface area contributed by atoms with Gasteiger partial charge in [-0.15, -0.1) is 0 Å². The number of aliphatic imine (C=N–C) groups is 1. The van der Waals surface area contributed by atoms with Gasteiger partial charge in [-0.3, -0.25) is 10.1 Å². The molecule has 0 aromatic heterocycles. The van der Waals surface area contributed by atoms with Gasteiger partial charge in [-0.25, -0.2) is 9.79 Å². The van der Waals surface area contributed by atoms with Gasteiger partial charge in [-0.05, 0) is 58.5 Å². The summed E-state index contributed by atoms with van der Waals surface area (Å²) in [6.07, 6.45) is 3.60. The zero-order chi connectivity index (χ0) is 20.1. The Hall–Kier alpha value is -3.51. The lowest BCUT2D eigenvalue weighted by atomic mass is 9.99. The number of cyclic esters (lactones) is 1. The molecule has 0 radical (unpaired) electrons. The van der Waals surface area contributed by atoms with Crippen molar-refractivity contribution in [1.29, 1.82) is 0 Å². The fourth-order valence-corrected chi connectivity index (χ4v) is 4.08. The first kappa shape index (κ1) is 17.6. The number of aryl methyl sites for hydroxylation is 2. The maximum atomic E-state index is 12.4. The molecule has 0 saturated heterocycles. The quantitative estimate of drug-likeness (QED) is 0.270. The number of hydrogen-bond acceptors (Lipinski definition) is 5. The maximum absolute atomic E-state index is 12.4. The lowest BCUT2D eigenvalue weighted by Gasteiger charge is -2.05. The van der Waals surface area contributed by atoms with Crippen LogP contribution in [-0.2, 0) is 22.4 Å². The molecule has 0 N–H and O–H groups in total. The van der Waals surface area contributed by atoms with Crippen LogP contribution in [0.3, 0.4) is 0 Å². The van der Waals surface area contributed by atoms with Crippen LogP contribution in [-0.4, -0.2) is 16.8 Å². The van der Waals surface area contributed by atoms with Gasteiger partial charge in [0.1, 0.15) is 5.02 Å². The van der Waals surface area contributed by atoms with Crippen molar-refractivity contribution in [2.75, 3.05) is 0 Å². The van der Waals surface area contributed by atoms with Crippen molar-refractivity contribution < 1.29 is 14.5 Å². The highest BCUT2D eigenvalue weighted by Crippen LogP contribution is 2.35. The topological polar surface area (TPSA) is 81.8 Å². The highest BCUT2D eigenvalue weighted by Gasteiger charge is 2.27. The number of hydrogen-bond donors (Lipinski definition) is 0. The molecule has 1 aliphatic heterocycles. The number of rotatable bonds is 3. The summed E-state index contributed by atoms with van der Waals surface area (Å²) in [5, 5.41) is 13.5. The molecule has 1 aliphatic carbocycles. The minimum atomic E-state index is -0.589. The van der Waals surface area contributed by atoms with Crippen LogP contribution >= 0.6 is 11.6 Å². The van der Waals surface area contributed by atoms with Crippen molar-refractivity contribution in [2.45, 2.75) is 12.8 Å². The van der Waals surface area contributed by atoms with Gasteiger partial charge in [0.25, 0.3) is 5.69 Å². The van der Waals surface area contributed by atoms with Crippen molar-refractivity contribution in [3.05, 3.63) is 91.6 Å². The van der Waals surface area contributed by atoms with Crippen LogP contribution < -0.4 is 0 Å². The Morgan fingerprint density at radius 3 is 2.83 bits per heavy atom. The van der Waals surface area contributed by atoms with Crippen LogP contribution in [0.1, 0.15) is 22.3 Å². The molecule has 7 heteroatoms. The van der Waals surface area contributed by atoms with E-state index in [1.807, 2.05) is 12.1 Å². The number of carbonyl (C=O) groups is 1. The van der Waals surface area contributed by atoms with Crippen LogP contribution in [0.15, 0.2) is 59.2 Å². The lowest BCUT2D eigenvalue weighted by molar-refractivity contribution is -0.384. The number of halogens is 1. The SMILES string of the molecule is O=C1OC(c2ccc(Cl)c([N+](=O)[O-])c2)=NC1=Cc1ccc2cccc3c2c1CC3. The van der Waals surface area contributed by atoms with Gasteiger partial charge in [-0.1, -0.05) is 41.9 Å². The van der Waals surface area contributed by atoms with Crippen molar-refractivity contribution in [2.24, 2.45) is 4.99 Å². The van der Waals surface area contributed by atoms with Gasteiger partial charge in [0, 0.05) is 11.6 Å². The summed E-state index contributed by atoms with van der Waals surface area (Å²) in [6.45, 7) is 0. The van der Waals surface area contributed by atoms with Crippen molar-refractivity contribution in [3.8, 4) is 0 Å². The summed E-state index contributed by atoms with van der Waals surface area (Å²) in [6, 6.07) is 14.5. The minimum Gasteiger partial charge on any atom is -0.402 e. The predicted octanol–water partition coefficient (Wildman–Crippen LogP) is 4.84. The smallest absolute Gasteiger partial charge is 0.363 e. The molecule has 0 bridgehead atoms. The molecule has 6 nitrogen and oxygen atoms in total. The Bertz CT molecular complexity index is 1290. The number of nitro benzene ring substituents is 1. The molecule has 5 rings (SSSR count). The van der Waals surface area contributed by atoms with E-state index in [4.69, 9.17) is 16.3 Å². The van der Waals surface area contributed by atoms with E-state index in [1.165, 1.54) is 40.1 Å². The van der Waals surface area contributed by atoms with Gasteiger partial charge in [0.05, 0.1) is 4.92 Å². The van der Waals surface area contributed by atoms with Crippen LogP contribution in [0, 0.1) is 10.1 Å². The number of esters is 1. The monoisotopic (exact) mass is 404 g/mol. The molecular weight excluding hydrogens is 392 g/mol. The summed E-state index contributed by atoms with van der Waals surface area (Å²) < 4.78 is 5.26. The molecule has 142 valence electrons. The maximum Gasteiger partial charge on any atom is 0.363 e. The first-order chi connectivity index (χ1) is 14.0. The second-order valence-electron chi connectivity index (χ2n) is 6.91. The number of benzene rings is 3. The third-order valence-electron chi connectivity index (χ3n) is 5.22. The fraction of sp³-hybridized carbons (Fsp3) is 0.0909. The number of nitro groups is 1. The molecule has 0 atom stereocenters. The van der Waals surface area contributed by atoms with Gasteiger partial charge in [0.2, 0.25) is 5.90 Å². The van der Waals surface area contributed by atoms with E-state index in [9.17, 15) is 14.9 Å². The molecule has 2 aliphatic rings. The zero-order valence-corrected chi connectivity index (χ0v) is 15.8. The number of ether oxygens (including phenoxy) is 1. The molecular formula is C22H13ClN2O4. The van der Waals surface area contributed by atoms with Crippen molar-refractivity contribution in [3.63, 3.8) is 0 Å². The third-order valence-corrected chi connectivity index (χ3v) is 5.54. The first-order valence-corrected chi connectivity index (χ1v) is 9.39. The predicted molar refractivity (Wildman–Crippen MR) is 110 cm³/mol. The Morgan fingerprint density at radius 1 is 1.14 bits per heavy atom. The van der Waals surface area contributed by atoms with Crippen LogP contribution in [0.25, 0.3) is 16.8 Å². The second-order valence-corrected chi connectivity index (χ2v) is 7.32. The Kier molecular flexibility index (Phi) is 3.96. The van der Waals surface area contributed by atoms with Gasteiger partial charge in [-0.2, -0.15) is 0 Å². The van der Waals surface area contributed by atoms with E-state index < -0.39 is 10.9 Å². The molecule has 3 aromatic rings. The third kappa shape index (κ3) is 2.89. The Morgan fingerprint density at radius 2 is 2.00 bits per heavy atom. The van der Waals surface area contributed by atoms with E-state index in [2.05, 4.69) is 23.2 Å². The average molecular weight is 405 g/mol. The molecule has 0 fully saturated rings. The summed E-state index contributed by atoms with van der Waals surface area (Å²) >= 11 is 5.85. The molecule has 3 aromatic carbocycles. The van der Waals surface area contributed by atoms with Crippen LogP contribution in [0.2, 0.25) is 5.02 Å². The van der Waals surface area contributed by atoms with E-state index >= 15 is 0 Å². The van der Waals surface area contributed by atoms with E-state index in [0.29, 0.717) is 5.56 Å². The highest BCUT2D eigenvalue weighted by atomic mass is 35.5. The van der Waals surface area contributed by atoms with Gasteiger partial charge >= 0.3 is 5.97 Å². The minimum absolute atomic E-state index is 0.00874. The van der Waals surface area contributed by atoms with E-state index in [1.54, 1.807) is 6.08 Å². The Labute approximate surface area is 170 Å². The molecule has 0 amide bonds. The molecule has 1 heterocycles. The average Bonchev–Trinajstić information content (AvgIpc) is 3.30. The number of carbonyl (C=O) groups excluding carboxylic acids is 1. The zero-order valence-electron chi connectivity index (χ0n) is 15.0. The molecule has 0 saturated carbocycles. The summed E-state index contributed by atoms with van der Waals surface area (Å²) in [5.41, 5.74) is 3.66. The number of nitrogens with zero attached hydrogens (tertiary/aromatic N) is 2. The lowest BCUT2D eigenvalue weighted by Crippen LogP contribution is -2.06. The summed E-state index contributed by atoms with van der Waals surface area (Å²) in [4.78, 5) is 27.2. The second kappa shape index (κ2) is 6.53. The van der Waals surface area contributed by atoms with Gasteiger partial charge < -0.3 is 4.74 Å². The molecule has 29 heavy (non-hydrogen) atoms. The van der Waals surface area contributed by atoms with Crippen molar-refractivity contribution in [1.82, 2.24) is 0 Å².